The van der Waals surface area contributed by atoms with E-state index in [0.717, 1.165) is 55.6 Å². The van der Waals surface area contributed by atoms with E-state index in [2.05, 4.69) is 5.32 Å². The van der Waals surface area contributed by atoms with Crippen molar-refractivity contribution in [2.45, 2.75) is 25.4 Å². The van der Waals surface area contributed by atoms with Gasteiger partial charge in [-0.25, -0.2) is 0 Å². The van der Waals surface area contributed by atoms with Crippen LogP contribution in [0.3, 0.4) is 0 Å². The molecule has 0 saturated carbocycles. The Bertz CT molecular complexity index is 1040. The van der Waals surface area contributed by atoms with Gasteiger partial charge in [0.1, 0.15) is 0 Å². The topological polar surface area (TPSA) is 32.3 Å². The molecule has 0 unspecified atom stereocenters. The Labute approximate surface area is 179 Å². The quantitative estimate of drug-likeness (QED) is 0.511. The van der Waals surface area contributed by atoms with Crippen LogP contribution in [0.1, 0.15) is 35.2 Å². The number of carbonyl (C=O) groups is 1. The molecule has 0 aliphatic carbocycles. The summed E-state index contributed by atoms with van der Waals surface area (Å²) in [5, 5.41) is 2.72. The van der Waals surface area contributed by atoms with Gasteiger partial charge in [0.15, 0.2) is 0 Å². The number of rotatable bonds is 4. The minimum absolute atomic E-state index is 0.189. The molecule has 1 heterocycles. The lowest BCUT2D eigenvalue weighted by Crippen LogP contribution is -2.30. The maximum Gasteiger partial charge on any atom is 0.416 e. The van der Waals surface area contributed by atoms with Gasteiger partial charge in [0.05, 0.1) is 16.9 Å². The normalized spacial score (nSPS) is 14.4. The number of halogens is 3. The maximum atomic E-state index is 13.3. The molecule has 6 heteroatoms. The third-order valence-electron chi connectivity index (χ3n) is 5.52. The van der Waals surface area contributed by atoms with E-state index in [1.807, 2.05) is 47.4 Å². The van der Waals surface area contributed by atoms with Gasteiger partial charge in [-0.05, 0) is 60.7 Å². The fourth-order valence-electron chi connectivity index (χ4n) is 3.86. The van der Waals surface area contributed by atoms with Crippen molar-refractivity contribution < 1.29 is 18.0 Å². The number of amides is 1. The highest BCUT2D eigenvalue weighted by molar-refractivity contribution is 6.06. The van der Waals surface area contributed by atoms with Crippen LogP contribution in [0.4, 0.5) is 24.5 Å². The molecule has 1 aliphatic heterocycles. The van der Waals surface area contributed by atoms with E-state index in [9.17, 15) is 18.0 Å². The summed E-state index contributed by atoms with van der Waals surface area (Å²) in [5.74, 6) is -0.433. The molecule has 0 atom stereocenters. The Hall–Kier alpha value is -3.28. The van der Waals surface area contributed by atoms with Crippen molar-refractivity contribution in [1.82, 2.24) is 0 Å². The van der Waals surface area contributed by atoms with Gasteiger partial charge in [-0.2, -0.15) is 13.2 Å². The van der Waals surface area contributed by atoms with Gasteiger partial charge in [-0.3, -0.25) is 4.79 Å². The van der Waals surface area contributed by atoms with Crippen LogP contribution in [0.5, 0.6) is 0 Å². The number of hydrogen-bond acceptors (Lipinski definition) is 2. The molecule has 0 aromatic heterocycles. The summed E-state index contributed by atoms with van der Waals surface area (Å²) in [7, 11) is 0. The first kappa shape index (κ1) is 21.0. The van der Waals surface area contributed by atoms with Crippen molar-refractivity contribution in [3.63, 3.8) is 0 Å². The molecule has 1 fully saturated rings. The van der Waals surface area contributed by atoms with Crippen molar-refractivity contribution in [2.24, 2.45) is 0 Å². The molecular weight excluding hydrogens is 401 g/mol. The molecule has 3 aromatic rings. The predicted molar refractivity (Wildman–Crippen MR) is 117 cm³/mol. The van der Waals surface area contributed by atoms with E-state index in [0.29, 0.717) is 11.3 Å². The van der Waals surface area contributed by atoms with Crippen molar-refractivity contribution in [3.8, 4) is 11.1 Å². The van der Waals surface area contributed by atoms with E-state index in [-0.39, 0.29) is 5.69 Å². The molecule has 160 valence electrons. The van der Waals surface area contributed by atoms with Crippen LogP contribution in [0.2, 0.25) is 0 Å². The summed E-state index contributed by atoms with van der Waals surface area (Å²) in [4.78, 5) is 14.9. The second kappa shape index (κ2) is 8.84. The Morgan fingerprint density at radius 2 is 1.45 bits per heavy atom. The first-order valence-electron chi connectivity index (χ1n) is 10.3. The highest BCUT2D eigenvalue weighted by Crippen LogP contribution is 2.36. The highest BCUT2D eigenvalue weighted by atomic mass is 19.4. The third kappa shape index (κ3) is 4.90. The third-order valence-corrected chi connectivity index (χ3v) is 5.52. The molecule has 1 saturated heterocycles. The van der Waals surface area contributed by atoms with Gasteiger partial charge in [-0.1, -0.05) is 42.5 Å². The number of carbonyl (C=O) groups excluding carboxylic acids is 1. The molecule has 4 rings (SSSR count). The van der Waals surface area contributed by atoms with Crippen LogP contribution in [0.15, 0.2) is 72.8 Å². The van der Waals surface area contributed by atoms with Gasteiger partial charge in [-0.15, -0.1) is 0 Å². The predicted octanol–water partition coefficient (Wildman–Crippen LogP) is 6.62. The number of piperidine rings is 1. The molecule has 0 radical (unpaired) electrons. The van der Waals surface area contributed by atoms with Crippen LogP contribution in [-0.2, 0) is 6.18 Å². The Morgan fingerprint density at radius 1 is 0.806 bits per heavy atom. The Kier molecular flexibility index (Phi) is 5.98. The van der Waals surface area contributed by atoms with Gasteiger partial charge >= 0.3 is 6.18 Å². The summed E-state index contributed by atoms with van der Waals surface area (Å²) < 4.78 is 39.8. The molecule has 3 aromatic carbocycles. The second-order valence-corrected chi connectivity index (χ2v) is 7.67. The summed E-state index contributed by atoms with van der Waals surface area (Å²) >= 11 is 0. The van der Waals surface area contributed by atoms with Gasteiger partial charge in [0.25, 0.3) is 5.91 Å². The Balaban J connectivity index is 1.60. The first-order valence-corrected chi connectivity index (χ1v) is 10.3. The monoisotopic (exact) mass is 424 g/mol. The van der Waals surface area contributed by atoms with Crippen LogP contribution < -0.4 is 10.2 Å². The van der Waals surface area contributed by atoms with Gasteiger partial charge in [0, 0.05) is 18.7 Å². The number of anilines is 2. The van der Waals surface area contributed by atoms with Crippen LogP contribution >= 0.6 is 0 Å². The first-order chi connectivity index (χ1) is 14.9. The van der Waals surface area contributed by atoms with E-state index in [1.54, 1.807) is 12.1 Å². The number of alkyl halides is 3. The minimum Gasteiger partial charge on any atom is -0.370 e. The minimum atomic E-state index is -4.47. The van der Waals surface area contributed by atoms with Crippen LogP contribution in [0.25, 0.3) is 11.1 Å². The van der Waals surface area contributed by atoms with Gasteiger partial charge < -0.3 is 10.2 Å². The average Bonchev–Trinajstić information content (AvgIpc) is 2.80. The standard InChI is InChI=1S/C25H23F3N2O/c26-25(27,28)21-13-14-23(30-15-5-2-6-16-30)22(17-21)29-24(31)20-11-9-19(10-12-20)18-7-3-1-4-8-18/h1,3-4,7-14,17H,2,5-6,15-16H2,(H,29,31). The van der Waals surface area contributed by atoms with Crippen molar-refractivity contribution in [2.75, 3.05) is 23.3 Å². The van der Waals surface area contributed by atoms with E-state index >= 15 is 0 Å². The van der Waals surface area contributed by atoms with E-state index in [1.165, 1.54) is 6.07 Å². The fraction of sp³-hybridized carbons (Fsp3) is 0.240. The zero-order valence-electron chi connectivity index (χ0n) is 17.0. The van der Waals surface area contributed by atoms with Crippen molar-refractivity contribution in [1.29, 1.82) is 0 Å². The smallest absolute Gasteiger partial charge is 0.370 e. The van der Waals surface area contributed by atoms with Crippen molar-refractivity contribution in [3.05, 3.63) is 83.9 Å². The lowest BCUT2D eigenvalue weighted by atomic mass is 10.0. The zero-order valence-corrected chi connectivity index (χ0v) is 17.0. The molecule has 0 spiro atoms. The molecule has 1 aliphatic rings. The molecule has 3 nitrogen and oxygen atoms in total. The highest BCUT2D eigenvalue weighted by Gasteiger charge is 2.32. The lowest BCUT2D eigenvalue weighted by molar-refractivity contribution is -0.137. The summed E-state index contributed by atoms with van der Waals surface area (Å²) in [6.45, 7) is 1.53. The molecule has 31 heavy (non-hydrogen) atoms. The summed E-state index contributed by atoms with van der Waals surface area (Å²) in [6.07, 6.45) is -1.41. The zero-order chi connectivity index (χ0) is 21.8. The molecule has 1 N–H and O–H groups in total. The molecule has 0 bridgehead atoms. The lowest BCUT2D eigenvalue weighted by Gasteiger charge is -2.31. The number of nitrogens with zero attached hydrogens (tertiary/aromatic N) is 1. The molecular formula is C25H23F3N2O. The summed E-state index contributed by atoms with van der Waals surface area (Å²) in [6, 6.07) is 20.4. The fourth-order valence-corrected chi connectivity index (χ4v) is 3.86. The molecule has 1 amide bonds. The van der Waals surface area contributed by atoms with Gasteiger partial charge in [0.2, 0.25) is 0 Å². The van der Waals surface area contributed by atoms with Crippen LogP contribution in [-0.4, -0.2) is 19.0 Å². The van der Waals surface area contributed by atoms with Crippen LogP contribution in [0, 0.1) is 0 Å². The maximum absolute atomic E-state index is 13.3. The number of hydrogen-bond donors (Lipinski definition) is 1. The SMILES string of the molecule is O=C(Nc1cc(C(F)(F)F)ccc1N1CCCCC1)c1ccc(-c2ccccc2)cc1. The van der Waals surface area contributed by atoms with E-state index < -0.39 is 17.6 Å². The second-order valence-electron chi connectivity index (χ2n) is 7.67. The summed E-state index contributed by atoms with van der Waals surface area (Å²) in [5.41, 5.74) is 2.42. The Morgan fingerprint density at radius 3 is 2.10 bits per heavy atom. The average molecular weight is 424 g/mol. The largest absolute Gasteiger partial charge is 0.416 e. The number of benzene rings is 3. The van der Waals surface area contributed by atoms with Crippen molar-refractivity contribution >= 4 is 17.3 Å². The number of nitrogens with one attached hydrogen (secondary N) is 1. The van der Waals surface area contributed by atoms with E-state index in [4.69, 9.17) is 0 Å².